The van der Waals surface area contributed by atoms with Crippen molar-refractivity contribution in [2.24, 2.45) is 5.73 Å². The van der Waals surface area contributed by atoms with Crippen LogP contribution in [0, 0.1) is 0 Å². The summed E-state index contributed by atoms with van der Waals surface area (Å²) in [4.78, 5) is 13.7. The molecule has 1 aromatic rings. The molecule has 0 aromatic heterocycles. The SMILES string of the molecule is CCCC(C)(N)C(=O)N(C)CC(O)COCc1ccccc1. The van der Waals surface area contributed by atoms with Crippen LogP contribution in [0.3, 0.4) is 0 Å². The first kappa shape index (κ1) is 18.6. The van der Waals surface area contributed by atoms with Gasteiger partial charge in [0, 0.05) is 13.6 Å². The summed E-state index contributed by atoms with van der Waals surface area (Å²) in [5.74, 6) is -0.156. The molecule has 0 spiro atoms. The van der Waals surface area contributed by atoms with Gasteiger partial charge in [0.15, 0.2) is 0 Å². The summed E-state index contributed by atoms with van der Waals surface area (Å²) >= 11 is 0. The van der Waals surface area contributed by atoms with Crippen LogP contribution in [0.25, 0.3) is 0 Å². The molecule has 0 fully saturated rings. The smallest absolute Gasteiger partial charge is 0.242 e. The average Bonchev–Trinajstić information content (AvgIpc) is 2.47. The molecule has 2 unspecified atom stereocenters. The molecule has 22 heavy (non-hydrogen) atoms. The maximum absolute atomic E-state index is 12.2. The quantitative estimate of drug-likeness (QED) is 0.725. The van der Waals surface area contributed by atoms with Gasteiger partial charge in [-0.05, 0) is 18.9 Å². The Labute approximate surface area is 133 Å². The number of nitrogens with two attached hydrogens (primary N) is 1. The molecule has 0 aliphatic rings. The second-order valence-corrected chi connectivity index (χ2v) is 6.01. The zero-order chi connectivity index (χ0) is 16.6. The number of carbonyl (C=O) groups excluding carboxylic acids is 1. The molecule has 0 heterocycles. The molecule has 0 bridgehead atoms. The van der Waals surface area contributed by atoms with Gasteiger partial charge >= 0.3 is 0 Å². The van der Waals surface area contributed by atoms with Gasteiger partial charge in [0.25, 0.3) is 0 Å². The molecule has 0 saturated carbocycles. The Morgan fingerprint density at radius 2 is 2.05 bits per heavy atom. The van der Waals surface area contributed by atoms with Crippen LogP contribution in [0.2, 0.25) is 0 Å². The number of nitrogens with zero attached hydrogens (tertiary/aromatic N) is 1. The standard InChI is InChI=1S/C17H28N2O3/c1-4-10-17(2,18)16(21)19(3)11-15(20)13-22-12-14-8-6-5-7-9-14/h5-9,15,20H,4,10-13,18H2,1-3H3. The molecule has 0 aliphatic heterocycles. The van der Waals surface area contributed by atoms with Gasteiger partial charge in [-0.25, -0.2) is 0 Å². The second-order valence-electron chi connectivity index (χ2n) is 6.01. The molecule has 1 rings (SSSR count). The Balaban J connectivity index is 2.34. The summed E-state index contributed by atoms with van der Waals surface area (Å²) in [6, 6.07) is 9.76. The van der Waals surface area contributed by atoms with E-state index < -0.39 is 11.6 Å². The van der Waals surface area contributed by atoms with Crippen molar-refractivity contribution in [3.05, 3.63) is 35.9 Å². The van der Waals surface area contributed by atoms with Gasteiger partial charge in [0.05, 0.1) is 24.9 Å². The Morgan fingerprint density at radius 3 is 2.64 bits per heavy atom. The first-order chi connectivity index (χ1) is 10.4. The zero-order valence-corrected chi connectivity index (χ0v) is 13.8. The molecule has 1 aromatic carbocycles. The van der Waals surface area contributed by atoms with Gasteiger partial charge in [0.2, 0.25) is 5.91 Å². The molecule has 0 radical (unpaired) electrons. The van der Waals surface area contributed by atoms with E-state index in [1.807, 2.05) is 37.3 Å². The Morgan fingerprint density at radius 1 is 1.41 bits per heavy atom. The minimum atomic E-state index is -0.881. The topological polar surface area (TPSA) is 75.8 Å². The number of hydrogen-bond donors (Lipinski definition) is 2. The molecule has 5 nitrogen and oxygen atoms in total. The van der Waals surface area contributed by atoms with Crippen molar-refractivity contribution < 1.29 is 14.6 Å². The highest BCUT2D eigenvalue weighted by atomic mass is 16.5. The third-order valence-electron chi connectivity index (χ3n) is 3.51. The summed E-state index contributed by atoms with van der Waals surface area (Å²) in [6.07, 6.45) is 0.738. The van der Waals surface area contributed by atoms with E-state index in [-0.39, 0.29) is 19.1 Å². The average molecular weight is 308 g/mol. The van der Waals surface area contributed by atoms with Crippen LogP contribution in [-0.4, -0.2) is 47.8 Å². The number of rotatable bonds is 9. The molecule has 124 valence electrons. The predicted octanol–water partition coefficient (Wildman–Crippen LogP) is 1.54. The molecule has 0 aliphatic carbocycles. The third-order valence-corrected chi connectivity index (χ3v) is 3.51. The zero-order valence-electron chi connectivity index (χ0n) is 13.8. The third kappa shape index (κ3) is 6.13. The number of likely N-dealkylation sites (N-methyl/N-ethyl adjacent to an activating group) is 1. The van der Waals surface area contributed by atoms with Crippen molar-refractivity contribution in [2.45, 2.75) is 44.9 Å². The van der Waals surface area contributed by atoms with Gasteiger partial charge in [-0.3, -0.25) is 4.79 Å². The van der Waals surface area contributed by atoms with Crippen LogP contribution in [0.4, 0.5) is 0 Å². The largest absolute Gasteiger partial charge is 0.389 e. The van der Waals surface area contributed by atoms with Crippen molar-refractivity contribution in [2.75, 3.05) is 20.2 Å². The fourth-order valence-corrected chi connectivity index (χ4v) is 2.40. The van der Waals surface area contributed by atoms with Gasteiger partial charge in [0.1, 0.15) is 0 Å². The van der Waals surface area contributed by atoms with Crippen molar-refractivity contribution >= 4 is 5.91 Å². The molecule has 3 N–H and O–H groups in total. The van der Waals surface area contributed by atoms with Gasteiger partial charge in [-0.15, -0.1) is 0 Å². The number of carbonyl (C=O) groups is 1. The Bertz CT molecular complexity index is 448. The molecular weight excluding hydrogens is 280 g/mol. The van der Waals surface area contributed by atoms with E-state index in [9.17, 15) is 9.90 Å². The van der Waals surface area contributed by atoms with E-state index in [4.69, 9.17) is 10.5 Å². The summed E-state index contributed by atoms with van der Waals surface area (Å²) < 4.78 is 5.48. The molecule has 0 saturated heterocycles. The minimum absolute atomic E-state index is 0.156. The Hall–Kier alpha value is -1.43. The van der Waals surface area contributed by atoms with Gasteiger partial charge in [-0.1, -0.05) is 43.7 Å². The van der Waals surface area contributed by atoms with Gasteiger partial charge in [-0.2, -0.15) is 0 Å². The first-order valence-electron chi connectivity index (χ1n) is 7.71. The summed E-state index contributed by atoms with van der Waals surface area (Å²) in [7, 11) is 1.66. The summed E-state index contributed by atoms with van der Waals surface area (Å²) in [5.41, 5.74) is 6.19. The van der Waals surface area contributed by atoms with Crippen LogP contribution in [-0.2, 0) is 16.1 Å². The number of aliphatic hydroxyl groups excluding tert-OH is 1. The molecule has 1 amide bonds. The van der Waals surface area contributed by atoms with Crippen LogP contribution in [0.15, 0.2) is 30.3 Å². The highest BCUT2D eigenvalue weighted by molar-refractivity contribution is 5.85. The maximum Gasteiger partial charge on any atom is 0.242 e. The lowest BCUT2D eigenvalue weighted by Crippen LogP contribution is -2.53. The number of benzene rings is 1. The van der Waals surface area contributed by atoms with Gasteiger partial charge < -0.3 is 20.5 Å². The summed E-state index contributed by atoms with van der Waals surface area (Å²) in [6.45, 7) is 4.56. The number of amides is 1. The lowest BCUT2D eigenvalue weighted by Gasteiger charge is -2.30. The van der Waals surface area contributed by atoms with E-state index in [0.29, 0.717) is 13.0 Å². The van der Waals surface area contributed by atoms with E-state index in [1.54, 1.807) is 14.0 Å². The lowest BCUT2D eigenvalue weighted by atomic mass is 9.96. The first-order valence-corrected chi connectivity index (χ1v) is 7.71. The fourth-order valence-electron chi connectivity index (χ4n) is 2.40. The number of aliphatic hydroxyl groups is 1. The number of ether oxygens (including phenoxy) is 1. The maximum atomic E-state index is 12.2. The van der Waals surface area contributed by atoms with E-state index >= 15 is 0 Å². The Kier molecular flexibility index (Phi) is 7.51. The lowest BCUT2D eigenvalue weighted by molar-refractivity contribution is -0.137. The molecular formula is C17H28N2O3. The highest BCUT2D eigenvalue weighted by Crippen LogP contribution is 2.12. The number of hydrogen-bond acceptors (Lipinski definition) is 4. The van der Waals surface area contributed by atoms with Crippen molar-refractivity contribution in [1.29, 1.82) is 0 Å². The second kappa shape index (κ2) is 8.88. The van der Waals surface area contributed by atoms with E-state index in [2.05, 4.69) is 0 Å². The normalized spacial score (nSPS) is 15.1. The van der Waals surface area contributed by atoms with Crippen LogP contribution in [0.1, 0.15) is 32.3 Å². The van der Waals surface area contributed by atoms with Crippen LogP contribution >= 0.6 is 0 Å². The molecule has 2 atom stereocenters. The van der Waals surface area contributed by atoms with E-state index in [1.165, 1.54) is 4.90 Å². The minimum Gasteiger partial charge on any atom is -0.389 e. The van der Waals surface area contributed by atoms with Crippen molar-refractivity contribution in [3.8, 4) is 0 Å². The van der Waals surface area contributed by atoms with E-state index in [0.717, 1.165) is 12.0 Å². The monoisotopic (exact) mass is 308 g/mol. The highest BCUT2D eigenvalue weighted by Gasteiger charge is 2.30. The van der Waals surface area contributed by atoms with Crippen LogP contribution in [0.5, 0.6) is 0 Å². The molecule has 5 heteroatoms. The van der Waals surface area contributed by atoms with Crippen molar-refractivity contribution in [1.82, 2.24) is 4.90 Å². The fraction of sp³-hybridized carbons (Fsp3) is 0.588. The van der Waals surface area contributed by atoms with Crippen molar-refractivity contribution in [3.63, 3.8) is 0 Å². The van der Waals surface area contributed by atoms with Crippen LogP contribution < -0.4 is 5.73 Å². The summed E-state index contributed by atoms with van der Waals surface area (Å²) in [5, 5.41) is 9.98. The predicted molar refractivity (Wildman–Crippen MR) is 87.2 cm³/mol.